The van der Waals surface area contributed by atoms with Crippen LogP contribution in [0.5, 0.6) is 0 Å². The summed E-state index contributed by atoms with van der Waals surface area (Å²) in [6.45, 7) is 22.4. The van der Waals surface area contributed by atoms with Gasteiger partial charge in [0, 0.05) is 48.7 Å². The van der Waals surface area contributed by atoms with E-state index < -0.39 is 11.8 Å². The summed E-state index contributed by atoms with van der Waals surface area (Å²) in [5, 5.41) is 0. The van der Waals surface area contributed by atoms with Gasteiger partial charge in [0.15, 0.2) is 0 Å². The molecule has 2 aliphatic rings. The van der Waals surface area contributed by atoms with Crippen LogP contribution >= 0.6 is 0 Å². The molecule has 2 unspecified atom stereocenters. The summed E-state index contributed by atoms with van der Waals surface area (Å²) in [5.74, 6) is 4.02. The zero-order valence-electron chi connectivity index (χ0n) is 33.0. The Labute approximate surface area is 306 Å². The molecule has 0 N–H and O–H groups in total. The van der Waals surface area contributed by atoms with E-state index in [-0.39, 0.29) is 71.0 Å². The quantitative estimate of drug-likeness (QED) is 0.148. The van der Waals surface area contributed by atoms with E-state index in [0.29, 0.717) is 44.7 Å². The van der Waals surface area contributed by atoms with Gasteiger partial charge >= 0.3 is 11.9 Å². The molecule has 0 radical (unpaired) electrons. The Morgan fingerprint density at radius 3 is 1.35 bits per heavy atom. The number of esters is 2. The first-order chi connectivity index (χ1) is 23.7. The Hall–Kier alpha value is -3.87. The first-order valence-corrected chi connectivity index (χ1v) is 18.0. The van der Waals surface area contributed by atoms with E-state index in [1.807, 2.05) is 0 Å². The smallest absolute Gasteiger partial charge is 0.314 e. The minimum Gasteiger partial charge on any atom is -0.465 e. The second-order valence-electron chi connectivity index (χ2n) is 16.4. The van der Waals surface area contributed by atoms with Crippen molar-refractivity contribution in [3.8, 4) is 24.7 Å². The number of carbonyl (C=O) groups is 2. The lowest BCUT2D eigenvalue weighted by Crippen LogP contribution is -2.61. The topological polar surface area (TPSA) is 126 Å². The van der Waals surface area contributed by atoms with Crippen LogP contribution < -0.4 is 4.90 Å². The molecule has 12 nitrogen and oxygen atoms in total. The van der Waals surface area contributed by atoms with Gasteiger partial charge in [-0.05, 0) is 107 Å². The van der Waals surface area contributed by atoms with Crippen LogP contribution in [0.1, 0.15) is 94.9 Å². The molecule has 2 atom stereocenters. The molecule has 0 aliphatic carbocycles. The van der Waals surface area contributed by atoms with Gasteiger partial charge in [-0.25, -0.2) is 9.98 Å². The maximum absolute atomic E-state index is 13.4. The Bertz CT molecular complexity index is 1390. The van der Waals surface area contributed by atoms with Gasteiger partial charge in [0.25, 0.3) is 11.9 Å². The fourth-order valence-corrected chi connectivity index (χ4v) is 8.52. The molecule has 3 rings (SSSR count). The van der Waals surface area contributed by atoms with Crippen molar-refractivity contribution in [3.05, 3.63) is 0 Å². The number of ether oxygens (including phenoxy) is 2. The molecular weight excluding hydrogens is 644 g/mol. The SMILES string of the molecule is C#CCN1C(C)(C)CC(C(C=Nc2nc(N=CC(C(=O)OCC)C3CC(C)(C)N(CC#C)C(C)(C)C3)nc(N(C)C)n2)C(=O)OCC)CC1(C)C. The maximum atomic E-state index is 13.4. The van der Waals surface area contributed by atoms with Crippen LogP contribution in [0.3, 0.4) is 0 Å². The molecule has 0 amide bonds. The standard InChI is InChI=1S/C39H60N8O4/c1-15-19-46-36(5,6)21-27(22-37(46,7)8)29(31(48)50-17-3)25-40-33-42-34(44-35(43-33)45(13)14)41-26-30(32(49)51-18-4)28-23-38(9,10)47(20-16-2)39(11,12)24-28/h1-2,25-30H,17-24H2,3-14H3. The van der Waals surface area contributed by atoms with Crippen molar-refractivity contribution >= 4 is 42.2 Å². The normalized spacial score (nSPS) is 21.8. The second kappa shape index (κ2) is 16.6. The van der Waals surface area contributed by atoms with Crippen molar-refractivity contribution in [1.82, 2.24) is 24.8 Å². The summed E-state index contributed by atoms with van der Waals surface area (Å²) in [4.78, 5) is 56.1. The van der Waals surface area contributed by atoms with Gasteiger partial charge in [-0.3, -0.25) is 19.4 Å². The van der Waals surface area contributed by atoms with Crippen LogP contribution in [0.2, 0.25) is 0 Å². The molecule has 51 heavy (non-hydrogen) atoms. The van der Waals surface area contributed by atoms with E-state index in [0.717, 1.165) is 0 Å². The predicted molar refractivity (Wildman–Crippen MR) is 204 cm³/mol. The summed E-state index contributed by atoms with van der Waals surface area (Å²) >= 11 is 0. The Morgan fingerprint density at radius 2 is 1.08 bits per heavy atom. The van der Waals surface area contributed by atoms with E-state index in [2.05, 4.69) is 102 Å². The molecule has 3 heterocycles. The van der Waals surface area contributed by atoms with Gasteiger partial charge in [-0.1, -0.05) is 11.8 Å². The highest BCUT2D eigenvalue weighted by Crippen LogP contribution is 2.45. The number of likely N-dealkylation sites (tertiary alicyclic amines) is 2. The molecule has 2 fully saturated rings. The number of terminal acetylenes is 2. The highest BCUT2D eigenvalue weighted by Gasteiger charge is 2.49. The van der Waals surface area contributed by atoms with E-state index >= 15 is 0 Å². The maximum Gasteiger partial charge on any atom is 0.314 e. The third-order valence-electron chi connectivity index (χ3n) is 10.3. The van der Waals surface area contributed by atoms with E-state index in [9.17, 15) is 9.59 Å². The summed E-state index contributed by atoms with van der Waals surface area (Å²) in [7, 11) is 3.61. The number of anilines is 1. The van der Waals surface area contributed by atoms with Crippen LogP contribution in [0, 0.1) is 48.4 Å². The van der Waals surface area contributed by atoms with Crippen LogP contribution in [0.15, 0.2) is 9.98 Å². The molecule has 0 spiro atoms. The number of hydrogen-bond acceptors (Lipinski definition) is 12. The number of aliphatic imine (C=N–C) groups is 2. The number of carbonyl (C=O) groups excluding carboxylic acids is 2. The molecule has 1 aromatic rings. The van der Waals surface area contributed by atoms with E-state index in [1.54, 1.807) is 45.3 Å². The zero-order chi connectivity index (χ0) is 38.4. The molecule has 2 saturated heterocycles. The third-order valence-corrected chi connectivity index (χ3v) is 10.3. The lowest BCUT2D eigenvalue weighted by atomic mass is 9.69. The highest BCUT2D eigenvalue weighted by atomic mass is 16.5. The summed E-state index contributed by atoms with van der Waals surface area (Å²) in [5.41, 5.74) is -1.05. The van der Waals surface area contributed by atoms with Gasteiger partial charge in [-0.2, -0.15) is 15.0 Å². The number of rotatable bonds is 13. The summed E-state index contributed by atoms with van der Waals surface area (Å²) in [6, 6.07) is 0. The van der Waals surface area contributed by atoms with E-state index in [4.69, 9.17) is 22.3 Å². The molecule has 280 valence electrons. The molecule has 2 aliphatic heterocycles. The first kappa shape index (κ1) is 41.5. The molecule has 1 aromatic heterocycles. The Morgan fingerprint density at radius 1 is 0.745 bits per heavy atom. The van der Waals surface area contributed by atoms with Crippen LogP contribution in [0.25, 0.3) is 0 Å². The van der Waals surface area contributed by atoms with Crippen LogP contribution in [-0.4, -0.2) is 112 Å². The molecular formula is C39H60N8O4. The van der Waals surface area contributed by atoms with Gasteiger partial charge in [0.2, 0.25) is 5.95 Å². The lowest BCUT2D eigenvalue weighted by molar-refractivity contribution is -0.150. The Kier molecular flexibility index (Phi) is 13.6. The lowest BCUT2D eigenvalue weighted by Gasteiger charge is -2.55. The van der Waals surface area contributed by atoms with Gasteiger partial charge in [0.05, 0.1) is 38.1 Å². The Balaban J connectivity index is 2.01. The minimum atomic E-state index is -0.636. The van der Waals surface area contributed by atoms with Crippen molar-refractivity contribution in [3.63, 3.8) is 0 Å². The molecule has 12 heteroatoms. The number of piperidine rings is 2. The van der Waals surface area contributed by atoms with Crippen LogP contribution in [-0.2, 0) is 19.1 Å². The third kappa shape index (κ3) is 10.1. The number of hydrogen-bond donors (Lipinski definition) is 0. The van der Waals surface area contributed by atoms with Crippen molar-refractivity contribution in [1.29, 1.82) is 0 Å². The largest absolute Gasteiger partial charge is 0.465 e. The average molecular weight is 705 g/mol. The minimum absolute atomic E-state index is 0.0645. The molecule has 0 bridgehead atoms. The summed E-state index contributed by atoms with van der Waals surface area (Å²) in [6.07, 6.45) is 17.5. The van der Waals surface area contributed by atoms with Crippen molar-refractivity contribution in [2.24, 2.45) is 33.7 Å². The fourth-order valence-electron chi connectivity index (χ4n) is 8.52. The van der Waals surface area contributed by atoms with Crippen molar-refractivity contribution < 1.29 is 19.1 Å². The summed E-state index contributed by atoms with van der Waals surface area (Å²) < 4.78 is 11.1. The molecule has 0 saturated carbocycles. The highest BCUT2D eigenvalue weighted by molar-refractivity contribution is 5.91. The van der Waals surface area contributed by atoms with Gasteiger partial charge in [0.1, 0.15) is 0 Å². The number of aromatic nitrogens is 3. The molecule has 0 aromatic carbocycles. The van der Waals surface area contributed by atoms with E-state index in [1.165, 1.54) is 0 Å². The van der Waals surface area contributed by atoms with Crippen LogP contribution in [0.4, 0.5) is 17.8 Å². The monoisotopic (exact) mass is 704 g/mol. The van der Waals surface area contributed by atoms with Crippen molar-refractivity contribution in [2.45, 2.75) is 117 Å². The van der Waals surface area contributed by atoms with Crippen molar-refractivity contribution in [2.75, 3.05) is 45.3 Å². The average Bonchev–Trinajstić information content (AvgIpc) is 3.00. The van der Waals surface area contributed by atoms with Gasteiger partial charge in [-0.15, -0.1) is 12.8 Å². The predicted octanol–water partition coefficient (Wildman–Crippen LogP) is 5.51. The second-order valence-corrected chi connectivity index (χ2v) is 16.4. The zero-order valence-corrected chi connectivity index (χ0v) is 33.0. The van der Waals surface area contributed by atoms with Gasteiger partial charge < -0.3 is 14.4 Å². The fraction of sp³-hybridized carbons (Fsp3) is 0.718. The number of nitrogens with zero attached hydrogens (tertiary/aromatic N) is 8. The first-order valence-electron chi connectivity index (χ1n) is 18.0.